The number of halogens is 1. The first-order chi connectivity index (χ1) is 18.8. The van der Waals surface area contributed by atoms with Gasteiger partial charge in [-0.2, -0.15) is 0 Å². The summed E-state index contributed by atoms with van der Waals surface area (Å²) < 4.78 is 4.33. The van der Waals surface area contributed by atoms with Crippen LogP contribution in [0.25, 0.3) is 0 Å². The molecule has 0 fully saturated rings. The second-order valence-corrected chi connectivity index (χ2v) is 9.70. The smallest absolute Gasteiger partial charge is 0.282 e. The van der Waals surface area contributed by atoms with Gasteiger partial charge in [-0.25, -0.2) is 4.90 Å². The van der Waals surface area contributed by atoms with E-state index in [0.29, 0.717) is 12.1 Å². The van der Waals surface area contributed by atoms with Crippen molar-refractivity contribution in [1.29, 1.82) is 5.41 Å². The number of aryl methyl sites for hydroxylation is 3. The Balaban J connectivity index is 1.89. The lowest BCUT2D eigenvalue weighted by atomic mass is 10.2. The molecule has 3 aromatic heterocycles. The van der Waals surface area contributed by atoms with Crippen molar-refractivity contribution in [2.75, 3.05) is 22.1 Å². The van der Waals surface area contributed by atoms with E-state index >= 15 is 0 Å². The summed E-state index contributed by atoms with van der Waals surface area (Å²) in [7, 11) is 4.79. The molecule has 0 bridgehead atoms. The van der Waals surface area contributed by atoms with E-state index < -0.39 is 23.6 Å². The summed E-state index contributed by atoms with van der Waals surface area (Å²) in [6, 6.07) is 4.27. The lowest BCUT2D eigenvalue weighted by Gasteiger charge is -2.19. The number of hydrogen-bond donors (Lipinski definition) is 5. The number of carbonyl (C=O) groups is 5. The number of nitrogens with zero attached hydrogens (tertiary/aromatic N) is 4. The first kappa shape index (κ1) is 29.6. The van der Waals surface area contributed by atoms with Gasteiger partial charge in [0.1, 0.15) is 17.1 Å². The number of nitrogens with two attached hydrogens (primary N) is 1. The first-order valence-corrected chi connectivity index (χ1v) is 12.5. The molecule has 0 unspecified atom stereocenters. The fourth-order valence-electron chi connectivity index (χ4n) is 3.84. The van der Waals surface area contributed by atoms with Crippen molar-refractivity contribution < 1.29 is 24.0 Å². The van der Waals surface area contributed by atoms with E-state index in [1.165, 1.54) is 44.3 Å². The van der Waals surface area contributed by atoms with Crippen molar-refractivity contribution in [3.05, 3.63) is 64.9 Å². The third-order valence-electron chi connectivity index (χ3n) is 5.74. The molecule has 210 valence electrons. The summed E-state index contributed by atoms with van der Waals surface area (Å²) in [6.07, 6.45) is 5.18. The molecule has 0 radical (unpaired) electrons. The molecule has 3 aromatic rings. The molecule has 0 aromatic carbocycles. The molecule has 3 rings (SSSR count). The van der Waals surface area contributed by atoms with Gasteiger partial charge >= 0.3 is 0 Å². The topological polar surface area (TPSA) is 189 Å². The summed E-state index contributed by atoms with van der Waals surface area (Å²) in [5.41, 5.74) is 6.63. The lowest BCUT2D eigenvalue weighted by Crippen LogP contribution is -2.37. The van der Waals surface area contributed by atoms with Crippen LogP contribution in [0, 0.1) is 5.41 Å². The van der Waals surface area contributed by atoms with E-state index in [4.69, 9.17) is 11.1 Å². The molecule has 40 heavy (non-hydrogen) atoms. The van der Waals surface area contributed by atoms with Gasteiger partial charge in [-0.3, -0.25) is 29.4 Å². The van der Waals surface area contributed by atoms with Gasteiger partial charge in [0.25, 0.3) is 23.6 Å². The fraction of sp³-hybridized carbons (Fsp3) is 0.200. The average Bonchev–Trinajstić information content (AvgIpc) is 3.55. The van der Waals surface area contributed by atoms with Gasteiger partial charge in [-0.1, -0.05) is 6.58 Å². The summed E-state index contributed by atoms with van der Waals surface area (Å²) in [5, 5.41) is 15.1. The highest BCUT2D eigenvalue weighted by Crippen LogP contribution is 2.25. The number of nitrogens with one attached hydrogen (secondary N) is 4. The zero-order chi connectivity index (χ0) is 29.7. The molecular formula is C25H28BrN9O5. The van der Waals surface area contributed by atoms with Crippen LogP contribution in [-0.2, 0) is 30.7 Å². The maximum Gasteiger partial charge on any atom is 0.282 e. The van der Waals surface area contributed by atoms with Crippen LogP contribution in [0.1, 0.15) is 37.9 Å². The van der Waals surface area contributed by atoms with Crippen LogP contribution in [0.4, 0.5) is 17.1 Å². The van der Waals surface area contributed by atoms with Crippen molar-refractivity contribution in [2.45, 2.75) is 6.42 Å². The van der Waals surface area contributed by atoms with Crippen molar-refractivity contribution in [3.63, 3.8) is 0 Å². The van der Waals surface area contributed by atoms with Crippen molar-refractivity contribution in [1.82, 2.24) is 19.0 Å². The monoisotopic (exact) mass is 613 g/mol. The van der Waals surface area contributed by atoms with Gasteiger partial charge in [0.2, 0.25) is 6.41 Å². The number of anilines is 3. The van der Waals surface area contributed by atoms with Gasteiger partial charge in [-0.05, 0) is 34.1 Å². The Bertz CT molecular complexity index is 1530. The third kappa shape index (κ3) is 6.55. The predicted octanol–water partition coefficient (Wildman–Crippen LogP) is 1.66. The summed E-state index contributed by atoms with van der Waals surface area (Å²) in [6.45, 7) is 3.73. The van der Waals surface area contributed by atoms with Crippen LogP contribution in [-0.4, -0.2) is 56.1 Å². The summed E-state index contributed by atoms with van der Waals surface area (Å²) in [5.74, 6) is -2.55. The Hall–Kier alpha value is -4.92. The Labute approximate surface area is 237 Å². The largest absolute Gasteiger partial charge is 0.388 e. The molecule has 0 aliphatic rings. The quantitative estimate of drug-likeness (QED) is 0.0945. The molecule has 15 heteroatoms. The Kier molecular flexibility index (Phi) is 9.11. The van der Waals surface area contributed by atoms with E-state index in [1.54, 1.807) is 27.3 Å². The molecule has 0 aliphatic carbocycles. The number of rotatable bonds is 11. The summed E-state index contributed by atoms with van der Waals surface area (Å²) in [4.78, 5) is 63.8. The van der Waals surface area contributed by atoms with Gasteiger partial charge in [0.15, 0.2) is 0 Å². The van der Waals surface area contributed by atoms with Gasteiger partial charge in [0.05, 0.1) is 27.4 Å². The molecule has 0 saturated carbocycles. The van der Waals surface area contributed by atoms with Crippen molar-refractivity contribution in [2.24, 2.45) is 26.9 Å². The minimum absolute atomic E-state index is 0.0592. The Morgan fingerprint density at radius 2 is 1.55 bits per heavy atom. The Morgan fingerprint density at radius 1 is 0.975 bits per heavy atom. The zero-order valence-electron chi connectivity index (χ0n) is 21.9. The normalized spacial score (nSPS) is 10.5. The number of carbonyl (C=O) groups excluding carboxylic acids is 5. The minimum atomic E-state index is -0.759. The van der Waals surface area contributed by atoms with Crippen LogP contribution < -0.4 is 26.6 Å². The molecule has 0 saturated heterocycles. The van der Waals surface area contributed by atoms with E-state index in [9.17, 15) is 24.0 Å². The highest BCUT2D eigenvalue weighted by Gasteiger charge is 2.30. The second kappa shape index (κ2) is 12.3. The highest BCUT2D eigenvalue weighted by atomic mass is 79.9. The fourth-order valence-corrected chi connectivity index (χ4v) is 4.01. The summed E-state index contributed by atoms with van der Waals surface area (Å²) >= 11 is 3.03. The molecule has 0 spiro atoms. The predicted molar refractivity (Wildman–Crippen MR) is 153 cm³/mol. The number of aromatic nitrogens is 3. The SMILES string of the molecule is C=C(Br)C(=O)N(C(=O)c1cc(NC(=O)c2cc(NC=O)cn2C)cn1C)c1cc(C(=O)NCCC(=N)N)n(C)c1. The number of amidine groups is 1. The van der Waals surface area contributed by atoms with Crippen LogP contribution in [0.15, 0.2) is 47.9 Å². The highest BCUT2D eigenvalue weighted by molar-refractivity contribution is 9.12. The molecular weight excluding hydrogens is 586 g/mol. The molecule has 0 aliphatic heterocycles. The number of hydrogen-bond acceptors (Lipinski definition) is 6. The van der Waals surface area contributed by atoms with E-state index in [1.807, 2.05) is 0 Å². The van der Waals surface area contributed by atoms with Crippen molar-refractivity contribution >= 4 is 68.9 Å². The van der Waals surface area contributed by atoms with Crippen LogP contribution in [0.5, 0.6) is 0 Å². The Morgan fingerprint density at radius 3 is 2.17 bits per heavy atom. The molecule has 5 amide bonds. The minimum Gasteiger partial charge on any atom is -0.388 e. The third-order valence-corrected chi connectivity index (χ3v) is 6.08. The van der Waals surface area contributed by atoms with Crippen LogP contribution in [0.3, 0.4) is 0 Å². The molecule has 14 nitrogen and oxygen atoms in total. The maximum atomic E-state index is 13.7. The lowest BCUT2D eigenvalue weighted by molar-refractivity contribution is -0.113. The number of amides is 5. The van der Waals surface area contributed by atoms with E-state index in [-0.39, 0.29) is 51.7 Å². The first-order valence-electron chi connectivity index (χ1n) is 11.7. The average molecular weight is 614 g/mol. The van der Waals surface area contributed by atoms with Gasteiger partial charge < -0.3 is 35.4 Å². The van der Waals surface area contributed by atoms with Gasteiger partial charge in [0, 0.05) is 52.7 Å². The maximum absolute atomic E-state index is 13.7. The van der Waals surface area contributed by atoms with Crippen LogP contribution >= 0.6 is 15.9 Å². The van der Waals surface area contributed by atoms with E-state index in [0.717, 1.165) is 4.90 Å². The van der Waals surface area contributed by atoms with Crippen molar-refractivity contribution in [3.8, 4) is 0 Å². The van der Waals surface area contributed by atoms with Crippen LogP contribution in [0.2, 0.25) is 0 Å². The van der Waals surface area contributed by atoms with Gasteiger partial charge in [-0.15, -0.1) is 0 Å². The number of imide groups is 1. The molecule has 3 heterocycles. The standard InChI is InChI=1S/C25H28BrN9O5/c1-14(26)24(39)35(17-9-19(34(4)12-17)22(37)29-6-5-21(27)28)25(40)20-8-16(11-33(20)3)31-23(38)18-7-15(30-13-36)10-32(18)2/h7-13H,1,5-6H2,2-4H3,(H3,27,28)(H,29,37)(H,30,36)(H,31,38). The van der Waals surface area contributed by atoms with E-state index in [2.05, 4.69) is 38.5 Å². The molecule has 6 N–H and O–H groups in total. The molecule has 0 atom stereocenters. The second-order valence-electron chi connectivity index (χ2n) is 8.74. The zero-order valence-corrected chi connectivity index (χ0v) is 23.5.